The van der Waals surface area contributed by atoms with Crippen LogP contribution < -0.4 is 5.32 Å². The fourth-order valence-corrected chi connectivity index (χ4v) is 2.90. The molecule has 1 aromatic rings. The molecule has 1 aliphatic carbocycles. The molecule has 0 amide bonds. The highest BCUT2D eigenvalue weighted by molar-refractivity contribution is 6.30. The summed E-state index contributed by atoms with van der Waals surface area (Å²) in [6.45, 7) is 3.04. The molecule has 2 N–H and O–H groups in total. The van der Waals surface area contributed by atoms with E-state index in [0.29, 0.717) is 18.4 Å². The Balaban J connectivity index is 1.80. The lowest BCUT2D eigenvalue weighted by molar-refractivity contribution is -0.0236. The van der Waals surface area contributed by atoms with Crippen LogP contribution in [0.15, 0.2) is 0 Å². The van der Waals surface area contributed by atoms with Gasteiger partial charge in [0.1, 0.15) is 0 Å². The number of nitrogens with zero attached hydrogens (tertiary/aromatic N) is 2. The van der Waals surface area contributed by atoms with E-state index in [2.05, 4.69) is 15.5 Å². The maximum atomic E-state index is 9.72. The van der Waals surface area contributed by atoms with Crippen LogP contribution in [0.1, 0.15) is 30.9 Å². The number of halogens is 1. The van der Waals surface area contributed by atoms with Crippen molar-refractivity contribution in [2.24, 2.45) is 0 Å². The molecule has 3 rings (SSSR count). The molecule has 1 aliphatic heterocycles. The van der Waals surface area contributed by atoms with Gasteiger partial charge in [-0.25, -0.2) is 0 Å². The fourth-order valence-electron chi connectivity index (χ4n) is 2.65. The molecule has 0 bridgehead atoms. The summed E-state index contributed by atoms with van der Waals surface area (Å²) in [5.74, 6) is 0.745. The van der Waals surface area contributed by atoms with Gasteiger partial charge in [-0.05, 0) is 26.2 Å². The van der Waals surface area contributed by atoms with Crippen molar-refractivity contribution in [3.63, 3.8) is 0 Å². The van der Waals surface area contributed by atoms with E-state index >= 15 is 0 Å². The molecule has 5 nitrogen and oxygen atoms in total. The predicted octanol–water partition coefficient (Wildman–Crippen LogP) is 1.53. The van der Waals surface area contributed by atoms with Crippen molar-refractivity contribution in [3.8, 4) is 0 Å². The summed E-state index contributed by atoms with van der Waals surface area (Å²) >= 11 is 6.05. The molecule has 1 saturated carbocycles. The van der Waals surface area contributed by atoms with Crippen LogP contribution in [0.25, 0.3) is 0 Å². The zero-order valence-corrected chi connectivity index (χ0v) is 11.0. The van der Waals surface area contributed by atoms with E-state index in [9.17, 15) is 5.11 Å². The molecule has 0 atom stereocenters. The van der Waals surface area contributed by atoms with Crippen molar-refractivity contribution in [3.05, 3.63) is 16.3 Å². The van der Waals surface area contributed by atoms with Crippen molar-refractivity contribution in [2.75, 3.05) is 11.9 Å². The minimum absolute atomic E-state index is 0.251. The highest BCUT2D eigenvalue weighted by atomic mass is 35.5. The molecular weight excluding hydrogens is 254 g/mol. The van der Waals surface area contributed by atoms with Gasteiger partial charge >= 0.3 is 0 Å². The average Bonchev–Trinajstić information content (AvgIpc) is 2.31. The summed E-state index contributed by atoms with van der Waals surface area (Å²) in [5, 5.41) is 21.6. The Kier molecular flexibility index (Phi) is 2.92. The molecule has 2 aliphatic rings. The van der Waals surface area contributed by atoms with E-state index in [1.54, 1.807) is 0 Å². The van der Waals surface area contributed by atoms with E-state index in [0.717, 1.165) is 36.2 Å². The second-order valence-electron chi connectivity index (χ2n) is 5.35. The smallest absolute Gasteiger partial charge is 0.155 e. The summed E-state index contributed by atoms with van der Waals surface area (Å²) in [6, 6.07) is 0.251. The molecule has 6 heteroatoms. The highest BCUT2D eigenvalue weighted by Crippen LogP contribution is 2.35. The minimum atomic E-state index is -0.548. The summed E-state index contributed by atoms with van der Waals surface area (Å²) in [5.41, 5.74) is 1.49. The van der Waals surface area contributed by atoms with E-state index in [-0.39, 0.29) is 6.04 Å². The number of ether oxygens (including phenoxy) is 1. The maximum Gasteiger partial charge on any atom is 0.155 e. The third kappa shape index (κ3) is 2.18. The second kappa shape index (κ2) is 4.33. The molecule has 0 spiro atoms. The number of fused-ring (bicyclic) bond motifs is 1. The maximum absolute atomic E-state index is 9.72. The third-order valence-corrected chi connectivity index (χ3v) is 3.90. The van der Waals surface area contributed by atoms with Gasteiger partial charge in [0.15, 0.2) is 11.0 Å². The summed E-state index contributed by atoms with van der Waals surface area (Å²) in [7, 11) is 0. The van der Waals surface area contributed by atoms with Crippen LogP contribution in [-0.4, -0.2) is 33.6 Å². The number of aliphatic hydroxyl groups is 1. The average molecular weight is 270 g/mol. The number of nitrogens with one attached hydrogen (secondary N) is 1. The molecule has 1 aromatic heterocycles. The molecule has 98 valence electrons. The number of aromatic nitrogens is 2. The minimum Gasteiger partial charge on any atom is -0.390 e. The van der Waals surface area contributed by atoms with Crippen LogP contribution in [0, 0.1) is 0 Å². The van der Waals surface area contributed by atoms with Gasteiger partial charge in [0, 0.05) is 17.2 Å². The molecule has 0 saturated heterocycles. The van der Waals surface area contributed by atoms with E-state index < -0.39 is 5.60 Å². The molecule has 0 radical (unpaired) electrons. The van der Waals surface area contributed by atoms with Crippen molar-refractivity contribution >= 4 is 17.4 Å². The van der Waals surface area contributed by atoms with Crippen LogP contribution in [0.3, 0.4) is 0 Å². The first-order valence-corrected chi connectivity index (χ1v) is 6.53. The molecule has 1 fully saturated rings. The molecule has 18 heavy (non-hydrogen) atoms. The molecule has 0 unspecified atom stereocenters. The number of rotatable bonds is 2. The molecule has 2 heterocycles. The Morgan fingerprint density at radius 2 is 2.17 bits per heavy atom. The van der Waals surface area contributed by atoms with Crippen molar-refractivity contribution in [1.29, 1.82) is 0 Å². The van der Waals surface area contributed by atoms with Crippen molar-refractivity contribution in [1.82, 2.24) is 10.2 Å². The van der Waals surface area contributed by atoms with Crippen LogP contribution in [0.2, 0.25) is 5.15 Å². The molecule has 0 aromatic carbocycles. The Hall–Kier alpha value is -0.910. The van der Waals surface area contributed by atoms with Gasteiger partial charge in [-0.15, -0.1) is 10.2 Å². The van der Waals surface area contributed by atoms with Crippen molar-refractivity contribution < 1.29 is 9.84 Å². The topological polar surface area (TPSA) is 67.3 Å². The van der Waals surface area contributed by atoms with E-state index in [1.165, 1.54) is 0 Å². The van der Waals surface area contributed by atoms with Gasteiger partial charge in [-0.1, -0.05) is 11.6 Å². The van der Waals surface area contributed by atoms with E-state index in [4.69, 9.17) is 16.3 Å². The fraction of sp³-hybridized carbons (Fsp3) is 0.667. The lowest BCUT2D eigenvalue weighted by atomic mass is 9.77. The first-order chi connectivity index (χ1) is 8.55. The summed E-state index contributed by atoms with van der Waals surface area (Å²) < 4.78 is 5.45. The van der Waals surface area contributed by atoms with E-state index in [1.807, 2.05) is 6.92 Å². The second-order valence-corrected chi connectivity index (χ2v) is 5.70. The standard InChI is InChI=1S/C12H16ClN3O2/c1-12(17)4-7(5-12)14-11-9-6-18-3-2-8(9)10(13)15-16-11/h7,17H,2-6H2,1H3,(H,14,16). The lowest BCUT2D eigenvalue weighted by Crippen LogP contribution is -2.48. The van der Waals surface area contributed by atoms with Crippen LogP contribution in [0.5, 0.6) is 0 Å². The van der Waals surface area contributed by atoms with Crippen molar-refractivity contribution in [2.45, 2.75) is 44.4 Å². The molecular formula is C12H16ClN3O2. The monoisotopic (exact) mass is 269 g/mol. The number of anilines is 1. The van der Waals surface area contributed by atoms with Crippen LogP contribution in [0.4, 0.5) is 5.82 Å². The van der Waals surface area contributed by atoms with Gasteiger partial charge < -0.3 is 15.2 Å². The zero-order chi connectivity index (χ0) is 12.8. The Morgan fingerprint density at radius 1 is 1.39 bits per heavy atom. The number of hydrogen-bond donors (Lipinski definition) is 2. The Labute approximate surface area is 111 Å². The first-order valence-electron chi connectivity index (χ1n) is 6.16. The van der Waals surface area contributed by atoms with Gasteiger partial charge in [0.2, 0.25) is 0 Å². The Morgan fingerprint density at radius 3 is 2.89 bits per heavy atom. The largest absolute Gasteiger partial charge is 0.390 e. The highest BCUT2D eigenvalue weighted by Gasteiger charge is 2.39. The number of hydrogen-bond acceptors (Lipinski definition) is 5. The predicted molar refractivity (Wildman–Crippen MR) is 67.7 cm³/mol. The van der Waals surface area contributed by atoms with Gasteiger partial charge in [-0.3, -0.25) is 0 Å². The summed E-state index contributed by atoms with van der Waals surface area (Å²) in [4.78, 5) is 0. The van der Waals surface area contributed by atoms with Gasteiger partial charge in [-0.2, -0.15) is 0 Å². The third-order valence-electron chi connectivity index (χ3n) is 3.59. The Bertz CT molecular complexity index is 471. The normalized spacial score (nSPS) is 30.5. The van der Waals surface area contributed by atoms with Gasteiger partial charge in [0.25, 0.3) is 0 Å². The van der Waals surface area contributed by atoms with Gasteiger partial charge in [0.05, 0.1) is 18.8 Å². The van der Waals surface area contributed by atoms with Crippen LogP contribution in [-0.2, 0) is 17.8 Å². The zero-order valence-electron chi connectivity index (χ0n) is 10.2. The first kappa shape index (κ1) is 12.1. The quantitative estimate of drug-likeness (QED) is 0.852. The SMILES string of the molecule is CC1(O)CC(Nc2nnc(Cl)c3c2COCC3)C1. The lowest BCUT2D eigenvalue weighted by Gasteiger charge is -2.41. The van der Waals surface area contributed by atoms with Crippen LogP contribution >= 0.6 is 11.6 Å². The summed E-state index contributed by atoms with van der Waals surface area (Å²) in [6.07, 6.45) is 2.24.